The van der Waals surface area contributed by atoms with Gasteiger partial charge in [-0.05, 0) is 51.8 Å². The fourth-order valence-corrected chi connectivity index (χ4v) is 2.12. The summed E-state index contributed by atoms with van der Waals surface area (Å²) in [5.74, 6) is 1.18. The molecular weight excluding hydrogens is 335 g/mol. The van der Waals surface area contributed by atoms with Crippen LogP contribution < -0.4 is 9.47 Å². The summed E-state index contributed by atoms with van der Waals surface area (Å²) in [6.45, 7) is 0. The zero-order valence-corrected chi connectivity index (χ0v) is 12.5. The lowest BCUT2D eigenvalue weighted by atomic mass is 10.2. The summed E-state index contributed by atoms with van der Waals surface area (Å²) >= 11 is 8.99. The number of hydrogen-bond donors (Lipinski definition) is 0. The first-order valence-corrected chi connectivity index (χ1v) is 6.82. The fourth-order valence-electron chi connectivity index (χ4n) is 1.52. The van der Waals surface area contributed by atoms with Gasteiger partial charge < -0.3 is 9.47 Å². The fraction of sp³-hybridized carbons (Fsp3) is 0.143. The molecule has 100 valence electrons. The van der Waals surface area contributed by atoms with E-state index >= 15 is 0 Å². The third-order valence-corrected chi connectivity index (χ3v) is 3.44. The van der Waals surface area contributed by atoms with Gasteiger partial charge in [0, 0.05) is 5.88 Å². The van der Waals surface area contributed by atoms with Gasteiger partial charge in [0.1, 0.15) is 11.5 Å². The van der Waals surface area contributed by atoms with Crippen LogP contribution in [0.5, 0.6) is 17.2 Å². The molecule has 0 radical (unpaired) electrons. The largest absolute Gasteiger partial charge is 0.497 e. The van der Waals surface area contributed by atoms with Crippen molar-refractivity contribution in [1.29, 1.82) is 0 Å². The summed E-state index contributed by atoms with van der Waals surface area (Å²) in [7, 11) is 1.58. The zero-order valence-electron chi connectivity index (χ0n) is 10.1. The second kappa shape index (κ2) is 6.26. The summed E-state index contributed by atoms with van der Waals surface area (Å²) in [5.41, 5.74) is 0.709. The third-order valence-electron chi connectivity index (χ3n) is 2.51. The van der Waals surface area contributed by atoms with Crippen molar-refractivity contribution in [3.8, 4) is 17.2 Å². The van der Waals surface area contributed by atoms with Crippen LogP contribution in [0.4, 0.5) is 4.39 Å². The van der Waals surface area contributed by atoms with Crippen molar-refractivity contribution in [1.82, 2.24) is 0 Å². The Labute approximate surface area is 124 Å². The predicted octanol–water partition coefficient (Wildman–Crippen LogP) is 5.13. The van der Waals surface area contributed by atoms with E-state index in [4.69, 9.17) is 21.1 Å². The van der Waals surface area contributed by atoms with Crippen molar-refractivity contribution in [3.05, 3.63) is 52.3 Å². The minimum absolute atomic E-state index is 0.153. The second-order valence-electron chi connectivity index (χ2n) is 3.80. The summed E-state index contributed by atoms with van der Waals surface area (Å²) in [6, 6.07) is 9.84. The summed E-state index contributed by atoms with van der Waals surface area (Å²) < 4.78 is 25.1. The van der Waals surface area contributed by atoms with Crippen molar-refractivity contribution in [2.75, 3.05) is 7.11 Å². The predicted molar refractivity (Wildman–Crippen MR) is 76.7 cm³/mol. The SMILES string of the molecule is COc1ccc(Oc2ccc(CCl)cc2F)c(Br)c1. The van der Waals surface area contributed by atoms with E-state index in [-0.39, 0.29) is 11.6 Å². The van der Waals surface area contributed by atoms with Gasteiger partial charge in [-0.25, -0.2) is 4.39 Å². The van der Waals surface area contributed by atoms with Gasteiger partial charge in [-0.15, -0.1) is 11.6 Å². The second-order valence-corrected chi connectivity index (χ2v) is 4.92. The number of alkyl halides is 1. The van der Waals surface area contributed by atoms with Gasteiger partial charge in [-0.1, -0.05) is 6.07 Å². The highest BCUT2D eigenvalue weighted by atomic mass is 79.9. The Bertz CT molecular complexity index is 538. The van der Waals surface area contributed by atoms with Crippen LogP contribution in [-0.4, -0.2) is 7.11 Å². The van der Waals surface area contributed by atoms with Gasteiger partial charge in [0.05, 0.1) is 11.6 Å². The Kier molecular flexibility index (Phi) is 4.66. The molecule has 0 bridgehead atoms. The maximum atomic E-state index is 13.8. The molecule has 0 aliphatic heterocycles. The standard InChI is InChI=1S/C14H11BrClFO2/c1-18-10-3-5-13(11(15)7-10)19-14-4-2-9(8-16)6-12(14)17/h2-7H,8H2,1H3. The molecule has 0 N–H and O–H groups in total. The first-order valence-electron chi connectivity index (χ1n) is 5.50. The molecule has 5 heteroatoms. The van der Waals surface area contributed by atoms with Gasteiger partial charge in [-0.2, -0.15) is 0 Å². The summed E-state index contributed by atoms with van der Waals surface area (Å²) in [4.78, 5) is 0. The summed E-state index contributed by atoms with van der Waals surface area (Å²) in [5, 5.41) is 0. The molecule has 0 spiro atoms. The molecular formula is C14H11BrClFO2. The van der Waals surface area contributed by atoms with E-state index in [0.29, 0.717) is 21.5 Å². The molecule has 0 amide bonds. The van der Waals surface area contributed by atoms with E-state index in [9.17, 15) is 4.39 Å². The first-order chi connectivity index (χ1) is 9.13. The van der Waals surface area contributed by atoms with Crippen LogP contribution in [0.15, 0.2) is 40.9 Å². The van der Waals surface area contributed by atoms with Crippen molar-refractivity contribution >= 4 is 27.5 Å². The van der Waals surface area contributed by atoms with Crippen LogP contribution >= 0.6 is 27.5 Å². The lowest BCUT2D eigenvalue weighted by molar-refractivity contribution is 0.410. The van der Waals surface area contributed by atoms with Gasteiger partial charge in [-0.3, -0.25) is 0 Å². The summed E-state index contributed by atoms with van der Waals surface area (Å²) in [6.07, 6.45) is 0. The van der Waals surface area contributed by atoms with Crippen LogP contribution in [0.25, 0.3) is 0 Å². The number of benzene rings is 2. The van der Waals surface area contributed by atoms with Crippen LogP contribution in [0, 0.1) is 5.82 Å². The maximum absolute atomic E-state index is 13.8. The average molecular weight is 346 g/mol. The van der Waals surface area contributed by atoms with E-state index in [0.717, 1.165) is 0 Å². The molecule has 0 saturated heterocycles. The molecule has 2 aromatic carbocycles. The molecule has 2 rings (SSSR count). The Morgan fingerprint density at radius 3 is 2.47 bits per heavy atom. The minimum atomic E-state index is -0.444. The van der Waals surface area contributed by atoms with Crippen LogP contribution in [0.3, 0.4) is 0 Å². The van der Waals surface area contributed by atoms with Crippen LogP contribution in [0.2, 0.25) is 0 Å². The van der Waals surface area contributed by atoms with E-state index in [1.54, 1.807) is 37.4 Å². The Morgan fingerprint density at radius 1 is 1.16 bits per heavy atom. The minimum Gasteiger partial charge on any atom is -0.497 e. The Balaban J connectivity index is 2.26. The molecule has 19 heavy (non-hydrogen) atoms. The average Bonchev–Trinajstić information content (AvgIpc) is 2.42. The first kappa shape index (κ1) is 14.2. The van der Waals surface area contributed by atoms with Crippen molar-refractivity contribution in [3.63, 3.8) is 0 Å². The highest BCUT2D eigenvalue weighted by Crippen LogP contribution is 2.33. The van der Waals surface area contributed by atoms with Gasteiger partial charge >= 0.3 is 0 Å². The number of methoxy groups -OCH3 is 1. The monoisotopic (exact) mass is 344 g/mol. The van der Waals surface area contributed by atoms with Crippen LogP contribution in [-0.2, 0) is 5.88 Å². The van der Waals surface area contributed by atoms with Crippen molar-refractivity contribution in [2.24, 2.45) is 0 Å². The lowest BCUT2D eigenvalue weighted by Crippen LogP contribution is -1.91. The smallest absolute Gasteiger partial charge is 0.166 e. The lowest BCUT2D eigenvalue weighted by Gasteiger charge is -2.10. The van der Waals surface area contributed by atoms with E-state index in [2.05, 4.69) is 15.9 Å². The highest BCUT2D eigenvalue weighted by Gasteiger charge is 2.09. The molecule has 0 aromatic heterocycles. The zero-order chi connectivity index (χ0) is 13.8. The number of halogens is 3. The molecule has 0 aliphatic carbocycles. The normalized spacial score (nSPS) is 10.3. The molecule has 0 unspecified atom stereocenters. The molecule has 0 atom stereocenters. The van der Waals surface area contributed by atoms with Gasteiger partial charge in [0.25, 0.3) is 0 Å². The van der Waals surface area contributed by atoms with Crippen LogP contribution in [0.1, 0.15) is 5.56 Å². The molecule has 0 fully saturated rings. The Morgan fingerprint density at radius 2 is 1.89 bits per heavy atom. The van der Waals surface area contributed by atoms with Crippen molar-refractivity contribution in [2.45, 2.75) is 5.88 Å². The quantitative estimate of drug-likeness (QED) is 0.715. The Hall–Kier alpha value is -1.26. The number of hydrogen-bond acceptors (Lipinski definition) is 2. The van der Waals surface area contributed by atoms with E-state index in [1.165, 1.54) is 6.07 Å². The third kappa shape index (κ3) is 3.39. The topological polar surface area (TPSA) is 18.5 Å². The van der Waals surface area contributed by atoms with Crippen molar-refractivity contribution < 1.29 is 13.9 Å². The van der Waals surface area contributed by atoms with E-state index < -0.39 is 5.82 Å². The molecule has 0 aliphatic rings. The molecule has 2 nitrogen and oxygen atoms in total. The van der Waals surface area contributed by atoms with Gasteiger partial charge in [0.2, 0.25) is 0 Å². The number of ether oxygens (including phenoxy) is 2. The molecule has 0 saturated carbocycles. The van der Waals surface area contributed by atoms with Gasteiger partial charge in [0.15, 0.2) is 11.6 Å². The molecule has 0 heterocycles. The molecule has 2 aromatic rings. The van der Waals surface area contributed by atoms with E-state index in [1.807, 2.05) is 0 Å². The number of rotatable bonds is 4. The highest BCUT2D eigenvalue weighted by molar-refractivity contribution is 9.10. The maximum Gasteiger partial charge on any atom is 0.166 e.